The molecule has 0 spiro atoms. The van der Waals surface area contributed by atoms with Gasteiger partial charge in [-0.1, -0.05) is 45.0 Å². The summed E-state index contributed by atoms with van der Waals surface area (Å²) in [5.41, 5.74) is 9.48. The van der Waals surface area contributed by atoms with E-state index in [1.807, 2.05) is 0 Å². The molecule has 2 N–H and O–H groups in total. The van der Waals surface area contributed by atoms with Crippen LogP contribution in [-0.4, -0.2) is 0 Å². The van der Waals surface area contributed by atoms with Crippen molar-refractivity contribution in [2.45, 2.75) is 57.9 Å². The fraction of sp³-hybridized carbons (Fsp3) is 0.625. The largest absolute Gasteiger partial charge is 0.321 e. The van der Waals surface area contributed by atoms with Gasteiger partial charge in [0.2, 0.25) is 0 Å². The average Bonchev–Trinajstić information content (AvgIpc) is 2.32. The third kappa shape index (κ3) is 2.55. The maximum atomic E-state index is 6.68. The van der Waals surface area contributed by atoms with E-state index in [1.165, 1.54) is 24.0 Å². The van der Waals surface area contributed by atoms with Crippen LogP contribution in [0.5, 0.6) is 0 Å². The molecule has 0 aliphatic heterocycles. The minimum Gasteiger partial charge on any atom is -0.321 e. The van der Waals surface area contributed by atoms with Crippen LogP contribution >= 0.6 is 0 Å². The quantitative estimate of drug-likeness (QED) is 0.830. The first-order valence-electron chi connectivity index (χ1n) is 6.91. The van der Waals surface area contributed by atoms with Gasteiger partial charge in [-0.2, -0.15) is 0 Å². The number of hydrogen-bond donors (Lipinski definition) is 1. The van der Waals surface area contributed by atoms with Crippen LogP contribution in [0.4, 0.5) is 0 Å². The molecule has 17 heavy (non-hydrogen) atoms. The second-order valence-corrected chi connectivity index (χ2v) is 6.12. The van der Waals surface area contributed by atoms with Gasteiger partial charge in [0.1, 0.15) is 0 Å². The van der Waals surface area contributed by atoms with Crippen LogP contribution in [-0.2, 0) is 5.54 Å². The van der Waals surface area contributed by atoms with E-state index in [2.05, 4.69) is 45.0 Å². The Bertz CT molecular complexity index is 383. The van der Waals surface area contributed by atoms with Crippen molar-refractivity contribution in [2.75, 3.05) is 0 Å². The van der Waals surface area contributed by atoms with Gasteiger partial charge in [0.15, 0.2) is 0 Å². The Morgan fingerprint density at radius 2 is 2.06 bits per heavy atom. The van der Waals surface area contributed by atoms with Crippen LogP contribution in [0, 0.1) is 5.92 Å². The highest BCUT2D eigenvalue weighted by Gasteiger charge is 2.34. The zero-order chi connectivity index (χ0) is 12.5. The lowest BCUT2D eigenvalue weighted by Crippen LogP contribution is -2.40. The summed E-state index contributed by atoms with van der Waals surface area (Å²) in [4.78, 5) is 0. The standard InChI is InChI=1S/C16H25N/c1-12(2)8-10-16(17)11-9-13(3)14-6-4-5-7-15(14)16/h4-7,12-13H,8-11,17H2,1-3H3. The average molecular weight is 231 g/mol. The summed E-state index contributed by atoms with van der Waals surface area (Å²) in [5.74, 6) is 1.41. The summed E-state index contributed by atoms with van der Waals surface area (Å²) in [7, 11) is 0. The first-order valence-corrected chi connectivity index (χ1v) is 6.91. The Morgan fingerprint density at radius 3 is 2.76 bits per heavy atom. The minimum atomic E-state index is -0.0760. The zero-order valence-electron chi connectivity index (χ0n) is 11.4. The lowest BCUT2D eigenvalue weighted by molar-refractivity contribution is 0.304. The van der Waals surface area contributed by atoms with Gasteiger partial charge in [-0.3, -0.25) is 0 Å². The van der Waals surface area contributed by atoms with Gasteiger partial charge in [0.05, 0.1) is 0 Å². The van der Waals surface area contributed by atoms with Gasteiger partial charge in [-0.15, -0.1) is 0 Å². The lowest BCUT2D eigenvalue weighted by atomic mass is 9.70. The van der Waals surface area contributed by atoms with E-state index in [0.717, 1.165) is 18.8 Å². The first-order chi connectivity index (χ1) is 8.03. The van der Waals surface area contributed by atoms with Crippen LogP contribution in [0.1, 0.15) is 63.5 Å². The van der Waals surface area contributed by atoms with Gasteiger partial charge >= 0.3 is 0 Å². The Morgan fingerprint density at radius 1 is 1.35 bits per heavy atom. The van der Waals surface area contributed by atoms with Crippen molar-refractivity contribution in [3.63, 3.8) is 0 Å². The summed E-state index contributed by atoms with van der Waals surface area (Å²) in [6, 6.07) is 8.78. The molecule has 2 rings (SSSR count). The van der Waals surface area contributed by atoms with Crippen molar-refractivity contribution in [3.8, 4) is 0 Å². The molecule has 0 amide bonds. The summed E-state index contributed by atoms with van der Waals surface area (Å²) in [5, 5.41) is 0. The van der Waals surface area contributed by atoms with E-state index < -0.39 is 0 Å². The number of rotatable bonds is 3. The molecule has 2 unspecified atom stereocenters. The molecular formula is C16H25N. The molecule has 0 saturated carbocycles. The van der Waals surface area contributed by atoms with Crippen LogP contribution < -0.4 is 5.73 Å². The van der Waals surface area contributed by atoms with Crippen molar-refractivity contribution in [2.24, 2.45) is 11.7 Å². The predicted octanol–water partition coefficient (Wildman–Crippen LogP) is 4.17. The maximum Gasteiger partial charge on any atom is 0.0412 e. The normalized spacial score (nSPS) is 28.2. The molecule has 0 fully saturated rings. The molecule has 0 heterocycles. The van der Waals surface area contributed by atoms with Crippen molar-refractivity contribution in [3.05, 3.63) is 35.4 Å². The number of fused-ring (bicyclic) bond motifs is 1. The highest BCUT2D eigenvalue weighted by atomic mass is 14.8. The van der Waals surface area contributed by atoms with Crippen LogP contribution in [0.15, 0.2) is 24.3 Å². The monoisotopic (exact) mass is 231 g/mol. The van der Waals surface area contributed by atoms with E-state index in [1.54, 1.807) is 0 Å². The first kappa shape index (κ1) is 12.6. The van der Waals surface area contributed by atoms with Crippen LogP contribution in [0.2, 0.25) is 0 Å². The van der Waals surface area contributed by atoms with E-state index in [4.69, 9.17) is 5.73 Å². The van der Waals surface area contributed by atoms with Gasteiger partial charge in [-0.25, -0.2) is 0 Å². The van der Waals surface area contributed by atoms with Crippen LogP contribution in [0.3, 0.4) is 0 Å². The highest BCUT2D eigenvalue weighted by Crippen LogP contribution is 2.42. The molecular weight excluding hydrogens is 206 g/mol. The van der Waals surface area contributed by atoms with Crippen molar-refractivity contribution >= 4 is 0 Å². The van der Waals surface area contributed by atoms with Crippen molar-refractivity contribution in [1.82, 2.24) is 0 Å². The Hall–Kier alpha value is -0.820. The topological polar surface area (TPSA) is 26.0 Å². The molecule has 1 nitrogen and oxygen atoms in total. The van der Waals surface area contributed by atoms with Crippen molar-refractivity contribution in [1.29, 1.82) is 0 Å². The smallest absolute Gasteiger partial charge is 0.0412 e. The zero-order valence-corrected chi connectivity index (χ0v) is 11.4. The fourth-order valence-corrected chi connectivity index (χ4v) is 2.95. The van der Waals surface area contributed by atoms with Gasteiger partial charge < -0.3 is 5.73 Å². The number of hydrogen-bond acceptors (Lipinski definition) is 1. The van der Waals surface area contributed by atoms with E-state index in [9.17, 15) is 0 Å². The summed E-state index contributed by atoms with van der Waals surface area (Å²) < 4.78 is 0. The van der Waals surface area contributed by atoms with Gasteiger partial charge in [-0.05, 0) is 48.6 Å². The predicted molar refractivity (Wildman–Crippen MR) is 74.0 cm³/mol. The summed E-state index contributed by atoms with van der Waals surface area (Å²) in [6.45, 7) is 6.88. The molecule has 0 saturated heterocycles. The molecule has 2 atom stereocenters. The van der Waals surface area contributed by atoms with Crippen LogP contribution in [0.25, 0.3) is 0 Å². The number of benzene rings is 1. The second-order valence-electron chi connectivity index (χ2n) is 6.12. The van der Waals surface area contributed by atoms with E-state index in [-0.39, 0.29) is 5.54 Å². The number of nitrogens with two attached hydrogens (primary N) is 1. The van der Waals surface area contributed by atoms with Gasteiger partial charge in [0.25, 0.3) is 0 Å². The fourth-order valence-electron chi connectivity index (χ4n) is 2.95. The third-order valence-corrected chi connectivity index (χ3v) is 4.22. The minimum absolute atomic E-state index is 0.0760. The second kappa shape index (κ2) is 4.81. The molecule has 1 heteroatoms. The molecule has 0 bridgehead atoms. The Kier molecular flexibility index (Phi) is 3.58. The van der Waals surface area contributed by atoms with E-state index in [0.29, 0.717) is 5.92 Å². The highest BCUT2D eigenvalue weighted by molar-refractivity contribution is 5.38. The molecule has 0 aromatic heterocycles. The van der Waals surface area contributed by atoms with E-state index >= 15 is 0 Å². The third-order valence-electron chi connectivity index (χ3n) is 4.22. The molecule has 1 aliphatic rings. The summed E-state index contributed by atoms with van der Waals surface area (Å²) in [6.07, 6.45) is 4.71. The summed E-state index contributed by atoms with van der Waals surface area (Å²) >= 11 is 0. The maximum absolute atomic E-state index is 6.68. The Labute approximate surface area is 105 Å². The van der Waals surface area contributed by atoms with Gasteiger partial charge in [0, 0.05) is 5.54 Å². The molecule has 1 aromatic carbocycles. The van der Waals surface area contributed by atoms with Crippen molar-refractivity contribution < 1.29 is 0 Å². The molecule has 94 valence electrons. The Balaban J connectivity index is 2.28. The SMILES string of the molecule is CC(C)CCC1(N)CCC(C)c2ccccc21. The lowest BCUT2D eigenvalue weighted by Gasteiger charge is -2.39. The molecule has 1 aliphatic carbocycles. The molecule has 1 aromatic rings. The molecule has 0 radical (unpaired) electrons.